The van der Waals surface area contributed by atoms with Crippen molar-refractivity contribution in [2.24, 2.45) is 0 Å². The summed E-state index contributed by atoms with van der Waals surface area (Å²) in [7, 11) is 0. The Bertz CT molecular complexity index is 625. The standard InChI is InChI=1S/C16H14Cl3NO/c1-16(10-17,12-5-3-2-4-6-12)20-15(21)11-7-13(18)9-14(19)8-11/h2-9H,10H2,1H3,(H,20,21). The van der Waals surface area contributed by atoms with Crippen LogP contribution in [0.4, 0.5) is 0 Å². The number of rotatable bonds is 4. The molecule has 110 valence electrons. The van der Waals surface area contributed by atoms with E-state index in [9.17, 15) is 4.79 Å². The Hall–Kier alpha value is -1.22. The largest absolute Gasteiger partial charge is 0.342 e. The van der Waals surface area contributed by atoms with Gasteiger partial charge < -0.3 is 5.32 Å². The summed E-state index contributed by atoms with van der Waals surface area (Å²) in [5.74, 6) is -0.0248. The Balaban J connectivity index is 2.28. The van der Waals surface area contributed by atoms with Crippen LogP contribution in [0.15, 0.2) is 48.5 Å². The van der Waals surface area contributed by atoms with Crippen molar-refractivity contribution >= 4 is 40.7 Å². The molecular weight excluding hydrogens is 329 g/mol. The van der Waals surface area contributed by atoms with Crippen molar-refractivity contribution in [2.45, 2.75) is 12.5 Å². The second kappa shape index (κ2) is 6.69. The Morgan fingerprint density at radius 2 is 1.67 bits per heavy atom. The molecule has 1 N–H and O–H groups in total. The van der Waals surface area contributed by atoms with E-state index in [2.05, 4.69) is 5.32 Å². The molecule has 1 atom stereocenters. The van der Waals surface area contributed by atoms with Crippen molar-refractivity contribution < 1.29 is 4.79 Å². The van der Waals surface area contributed by atoms with Crippen molar-refractivity contribution in [2.75, 3.05) is 5.88 Å². The number of hydrogen-bond acceptors (Lipinski definition) is 1. The number of nitrogens with one attached hydrogen (secondary N) is 1. The van der Waals surface area contributed by atoms with Gasteiger partial charge in [0.2, 0.25) is 0 Å². The Morgan fingerprint density at radius 3 is 2.19 bits per heavy atom. The summed E-state index contributed by atoms with van der Waals surface area (Å²) in [4.78, 5) is 12.4. The first-order chi connectivity index (χ1) is 9.94. The predicted octanol–water partition coefficient (Wildman–Crippen LogP) is 4.88. The van der Waals surface area contributed by atoms with Crippen molar-refractivity contribution in [3.63, 3.8) is 0 Å². The molecule has 0 aliphatic rings. The van der Waals surface area contributed by atoms with Crippen molar-refractivity contribution in [3.05, 3.63) is 69.7 Å². The first-order valence-electron chi connectivity index (χ1n) is 6.35. The van der Waals surface area contributed by atoms with Crippen LogP contribution in [0.3, 0.4) is 0 Å². The van der Waals surface area contributed by atoms with Crippen LogP contribution in [-0.2, 0) is 5.54 Å². The van der Waals surface area contributed by atoms with Crippen LogP contribution in [0.1, 0.15) is 22.8 Å². The van der Waals surface area contributed by atoms with Crippen molar-refractivity contribution in [3.8, 4) is 0 Å². The topological polar surface area (TPSA) is 29.1 Å². The van der Waals surface area contributed by atoms with Crippen LogP contribution >= 0.6 is 34.8 Å². The lowest BCUT2D eigenvalue weighted by atomic mass is 9.93. The zero-order valence-electron chi connectivity index (χ0n) is 11.4. The van der Waals surface area contributed by atoms with Crippen LogP contribution < -0.4 is 5.32 Å². The van der Waals surface area contributed by atoms with Crippen LogP contribution in [0, 0.1) is 0 Å². The van der Waals surface area contributed by atoms with Gasteiger partial charge in [0.05, 0.1) is 5.54 Å². The molecule has 0 spiro atoms. The van der Waals surface area contributed by atoms with Gasteiger partial charge in [-0.25, -0.2) is 0 Å². The highest BCUT2D eigenvalue weighted by molar-refractivity contribution is 6.35. The average Bonchev–Trinajstić information content (AvgIpc) is 2.47. The van der Waals surface area contributed by atoms with Gasteiger partial charge in [0.1, 0.15) is 0 Å². The third-order valence-corrected chi connectivity index (χ3v) is 4.16. The van der Waals surface area contributed by atoms with Gasteiger partial charge in [0, 0.05) is 21.5 Å². The molecule has 2 aromatic rings. The summed E-state index contributed by atoms with van der Waals surface area (Å²) < 4.78 is 0. The molecule has 0 bridgehead atoms. The zero-order chi connectivity index (χ0) is 15.5. The van der Waals surface area contributed by atoms with Crippen molar-refractivity contribution in [1.82, 2.24) is 5.32 Å². The molecule has 0 saturated heterocycles. The first kappa shape index (κ1) is 16.2. The number of carbonyl (C=O) groups is 1. The smallest absolute Gasteiger partial charge is 0.252 e. The lowest BCUT2D eigenvalue weighted by Crippen LogP contribution is -2.45. The number of benzene rings is 2. The second-order valence-corrected chi connectivity index (χ2v) is 6.08. The average molecular weight is 343 g/mol. The minimum absolute atomic E-state index is 0.247. The molecule has 0 heterocycles. The molecule has 1 amide bonds. The third kappa shape index (κ3) is 3.91. The van der Waals surface area contributed by atoms with Gasteiger partial charge in [-0.15, -0.1) is 11.6 Å². The molecule has 0 fully saturated rings. The maximum Gasteiger partial charge on any atom is 0.252 e. The van der Waals surface area contributed by atoms with E-state index in [-0.39, 0.29) is 11.8 Å². The normalized spacial score (nSPS) is 13.5. The van der Waals surface area contributed by atoms with Crippen LogP contribution in [-0.4, -0.2) is 11.8 Å². The lowest BCUT2D eigenvalue weighted by molar-refractivity contribution is 0.0913. The molecular formula is C16H14Cl3NO. The molecule has 0 aliphatic heterocycles. The van der Waals surface area contributed by atoms with Crippen LogP contribution in [0.5, 0.6) is 0 Å². The maximum absolute atomic E-state index is 12.4. The van der Waals surface area contributed by atoms with Gasteiger partial charge in [-0.2, -0.15) is 0 Å². The summed E-state index contributed by atoms with van der Waals surface area (Å²) in [6, 6.07) is 14.3. The van der Waals surface area contributed by atoms with E-state index in [4.69, 9.17) is 34.8 Å². The molecule has 2 rings (SSSR count). The highest BCUT2D eigenvalue weighted by Gasteiger charge is 2.28. The molecule has 0 aromatic heterocycles. The number of halogens is 3. The molecule has 21 heavy (non-hydrogen) atoms. The van der Waals surface area contributed by atoms with E-state index in [1.165, 1.54) is 0 Å². The summed E-state index contributed by atoms with van der Waals surface area (Å²) in [6.07, 6.45) is 0. The lowest BCUT2D eigenvalue weighted by Gasteiger charge is -2.29. The van der Waals surface area contributed by atoms with E-state index in [0.717, 1.165) is 5.56 Å². The van der Waals surface area contributed by atoms with Gasteiger partial charge in [0.15, 0.2) is 0 Å². The van der Waals surface area contributed by atoms with Crippen molar-refractivity contribution in [1.29, 1.82) is 0 Å². The Labute approximate surface area is 139 Å². The highest BCUT2D eigenvalue weighted by atomic mass is 35.5. The molecule has 2 aromatic carbocycles. The Morgan fingerprint density at radius 1 is 1.10 bits per heavy atom. The predicted molar refractivity (Wildman–Crippen MR) is 88.4 cm³/mol. The minimum Gasteiger partial charge on any atom is -0.342 e. The number of hydrogen-bond donors (Lipinski definition) is 1. The number of alkyl halides is 1. The summed E-state index contributed by atoms with van der Waals surface area (Å²) in [5.41, 5.74) is 0.663. The fourth-order valence-corrected chi connectivity index (χ4v) is 2.74. The van der Waals surface area contributed by atoms with Gasteiger partial charge in [0.25, 0.3) is 5.91 Å². The quantitative estimate of drug-likeness (QED) is 0.788. The molecule has 0 saturated carbocycles. The number of carbonyl (C=O) groups excluding carboxylic acids is 1. The van der Waals surface area contributed by atoms with Crippen LogP contribution in [0.2, 0.25) is 10.0 Å². The summed E-state index contributed by atoms with van der Waals surface area (Å²) in [5, 5.41) is 3.78. The van der Waals surface area contributed by atoms with Gasteiger partial charge >= 0.3 is 0 Å². The fraction of sp³-hybridized carbons (Fsp3) is 0.188. The molecule has 1 unspecified atom stereocenters. The Kier molecular flexibility index (Phi) is 5.15. The van der Waals surface area contributed by atoms with Gasteiger partial charge in [-0.3, -0.25) is 4.79 Å². The monoisotopic (exact) mass is 341 g/mol. The van der Waals surface area contributed by atoms with Crippen LogP contribution in [0.25, 0.3) is 0 Å². The molecule has 0 aliphatic carbocycles. The van der Waals surface area contributed by atoms with Gasteiger partial charge in [-0.1, -0.05) is 53.5 Å². The summed E-state index contributed by atoms with van der Waals surface area (Å²) in [6.45, 7) is 1.87. The third-order valence-electron chi connectivity index (χ3n) is 3.19. The summed E-state index contributed by atoms with van der Waals surface area (Å²) >= 11 is 17.9. The highest BCUT2D eigenvalue weighted by Crippen LogP contribution is 2.24. The molecule has 5 heteroatoms. The first-order valence-corrected chi connectivity index (χ1v) is 7.64. The fourth-order valence-electron chi connectivity index (χ4n) is 2.00. The van der Waals surface area contributed by atoms with Gasteiger partial charge in [-0.05, 0) is 30.7 Å². The minimum atomic E-state index is -0.672. The molecule has 0 radical (unpaired) electrons. The zero-order valence-corrected chi connectivity index (χ0v) is 13.6. The maximum atomic E-state index is 12.4. The van der Waals surface area contributed by atoms with E-state index in [1.54, 1.807) is 18.2 Å². The van der Waals surface area contributed by atoms with E-state index in [0.29, 0.717) is 15.6 Å². The number of amides is 1. The van der Waals surface area contributed by atoms with E-state index >= 15 is 0 Å². The van der Waals surface area contributed by atoms with E-state index < -0.39 is 5.54 Å². The second-order valence-electron chi connectivity index (χ2n) is 4.94. The molecule has 2 nitrogen and oxygen atoms in total. The van der Waals surface area contributed by atoms with E-state index in [1.807, 2.05) is 37.3 Å². The SMILES string of the molecule is CC(CCl)(NC(=O)c1cc(Cl)cc(Cl)c1)c1ccccc1.